The monoisotopic (exact) mass is 396 g/mol. The van der Waals surface area contributed by atoms with Crippen LogP contribution in [0.2, 0.25) is 10.0 Å². The normalized spacial score (nSPS) is 15.5. The molecule has 2 amide bonds. The SMILES string of the molecule is COc1cc(Cl)cc(/C=C2/C(=O)NN(c3ccc(F)c(Cl)c3)C2=O)c1O. The van der Waals surface area contributed by atoms with Crippen LogP contribution >= 0.6 is 23.2 Å². The molecule has 2 aromatic rings. The molecule has 1 heterocycles. The van der Waals surface area contributed by atoms with Gasteiger partial charge in [0, 0.05) is 16.7 Å². The molecular weight excluding hydrogens is 386 g/mol. The van der Waals surface area contributed by atoms with Gasteiger partial charge in [0.2, 0.25) is 0 Å². The molecule has 0 aromatic heterocycles. The van der Waals surface area contributed by atoms with Gasteiger partial charge in [-0.15, -0.1) is 0 Å². The summed E-state index contributed by atoms with van der Waals surface area (Å²) in [6.07, 6.45) is 1.19. The molecule has 0 saturated carbocycles. The van der Waals surface area contributed by atoms with Crippen molar-refractivity contribution in [2.24, 2.45) is 0 Å². The van der Waals surface area contributed by atoms with Gasteiger partial charge in [0.25, 0.3) is 11.8 Å². The average molecular weight is 397 g/mol. The average Bonchev–Trinajstić information content (AvgIpc) is 2.88. The highest BCUT2D eigenvalue weighted by atomic mass is 35.5. The Morgan fingerprint density at radius 2 is 1.96 bits per heavy atom. The highest BCUT2D eigenvalue weighted by Crippen LogP contribution is 2.35. The van der Waals surface area contributed by atoms with Crippen molar-refractivity contribution in [3.63, 3.8) is 0 Å². The second-order valence-electron chi connectivity index (χ2n) is 5.28. The fraction of sp³-hybridized carbons (Fsp3) is 0.0588. The lowest BCUT2D eigenvalue weighted by Crippen LogP contribution is -2.35. The van der Waals surface area contributed by atoms with Crippen molar-refractivity contribution in [2.45, 2.75) is 0 Å². The number of hydrogen-bond acceptors (Lipinski definition) is 4. The lowest BCUT2D eigenvalue weighted by Gasteiger charge is -2.14. The van der Waals surface area contributed by atoms with E-state index in [1.807, 2.05) is 0 Å². The number of hydrogen-bond donors (Lipinski definition) is 2. The van der Waals surface area contributed by atoms with Crippen LogP contribution in [-0.4, -0.2) is 24.0 Å². The van der Waals surface area contributed by atoms with Gasteiger partial charge in [-0.2, -0.15) is 0 Å². The number of amides is 2. The minimum Gasteiger partial charge on any atom is -0.504 e. The summed E-state index contributed by atoms with van der Waals surface area (Å²) in [5.41, 5.74) is 2.42. The summed E-state index contributed by atoms with van der Waals surface area (Å²) in [5, 5.41) is 11.1. The van der Waals surface area contributed by atoms with Gasteiger partial charge in [0.05, 0.1) is 17.8 Å². The topological polar surface area (TPSA) is 78.9 Å². The van der Waals surface area contributed by atoms with E-state index in [-0.39, 0.29) is 38.4 Å². The van der Waals surface area contributed by atoms with Crippen LogP contribution in [0, 0.1) is 5.82 Å². The zero-order chi connectivity index (χ0) is 19.0. The van der Waals surface area contributed by atoms with E-state index in [0.29, 0.717) is 0 Å². The van der Waals surface area contributed by atoms with E-state index >= 15 is 0 Å². The third kappa shape index (κ3) is 3.18. The van der Waals surface area contributed by atoms with Crippen LogP contribution in [0.15, 0.2) is 35.9 Å². The van der Waals surface area contributed by atoms with Gasteiger partial charge >= 0.3 is 0 Å². The molecule has 26 heavy (non-hydrogen) atoms. The summed E-state index contributed by atoms with van der Waals surface area (Å²) >= 11 is 11.7. The first-order valence-electron chi connectivity index (χ1n) is 7.20. The number of anilines is 1. The second-order valence-corrected chi connectivity index (χ2v) is 6.13. The predicted octanol–water partition coefficient (Wildman–Crippen LogP) is 3.31. The van der Waals surface area contributed by atoms with Gasteiger partial charge in [-0.1, -0.05) is 23.2 Å². The number of benzene rings is 2. The number of nitrogens with zero attached hydrogens (tertiary/aromatic N) is 1. The summed E-state index contributed by atoms with van der Waals surface area (Å²) in [4.78, 5) is 24.7. The Kier molecular flexibility index (Phi) is 4.76. The first kappa shape index (κ1) is 18.0. The standard InChI is InChI=1S/C17H11Cl2FN2O4/c1-26-14-6-9(18)4-8(15(14)23)5-11-16(24)21-22(17(11)25)10-2-3-13(20)12(19)7-10/h2-7,23H,1H3,(H,21,24)/b11-5-. The molecule has 1 fully saturated rings. The van der Waals surface area contributed by atoms with Crippen molar-refractivity contribution < 1.29 is 23.8 Å². The number of rotatable bonds is 3. The van der Waals surface area contributed by atoms with Crippen LogP contribution in [0.5, 0.6) is 11.5 Å². The van der Waals surface area contributed by atoms with Crippen LogP contribution in [0.1, 0.15) is 5.56 Å². The summed E-state index contributed by atoms with van der Waals surface area (Å²) in [5.74, 6) is -2.23. The molecule has 134 valence electrons. The van der Waals surface area contributed by atoms with Gasteiger partial charge in [0.1, 0.15) is 11.4 Å². The highest BCUT2D eigenvalue weighted by molar-refractivity contribution is 6.33. The van der Waals surface area contributed by atoms with E-state index in [1.165, 1.54) is 37.5 Å². The Labute approximate surface area is 157 Å². The van der Waals surface area contributed by atoms with Crippen LogP contribution < -0.4 is 15.2 Å². The van der Waals surface area contributed by atoms with E-state index in [0.717, 1.165) is 11.1 Å². The van der Waals surface area contributed by atoms with Crippen LogP contribution in [-0.2, 0) is 9.59 Å². The van der Waals surface area contributed by atoms with E-state index in [4.69, 9.17) is 27.9 Å². The molecule has 6 nitrogen and oxygen atoms in total. The van der Waals surface area contributed by atoms with Crippen LogP contribution in [0.25, 0.3) is 6.08 Å². The molecule has 9 heteroatoms. The Bertz CT molecular complexity index is 962. The Balaban J connectivity index is 2.01. The number of nitrogens with one attached hydrogen (secondary N) is 1. The van der Waals surface area contributed by atoms with E-state index < -0.39 is 17.6 Å². The van der Waals surface area contributed by atoms with Gasteiger partial charge in [-0.3, -0.25) is 15.0 Å². The lowest BCUT2D eigenvalue weighted by molar-refractivity contribution is -0.117. The molecule has 0 radical (unpaired) electrons. The second kappa shape index (κ2) is 6.86. The largest absolute Gasteiger partial charge is 0.504 e. The minimum absolute atomic E-state index is 0.0948. The zero-order valence-electron chi connectivity index (χ0n) is 13.2. The third-order valence-electron chi connectivity index (χ3n) is 3.64. The smallest absolute Gasteiger partial charge is 0.282 e. The Morgan fingerprint density at radius 1 is 1.23 bits per heavy atom. The Morgan fingerprint density at radius 3 is 2.62 bits per heavy atom. The minimum atomic E-state index is -0.700. The molecule has 0 aliphatic carbocycles. The van der Waals surface area contributed by atoms with Crippen molar-refractivity contribution >= 4 is 46.8 Å². The van der Waals surface area contributed by atoms with Crippen molar-refractivity contribution in [1.29, 1.82) is 0 Å². The van der Waals surface area contributed by atoms with Crippen molar-refractivity contribution in [3.8, 4) is 11.5 Å². The number of phenols is 1. The molecule has 1 aliphatic heterocycles. The molecule has 0 bridgehead atoms. The number of methoxy groups -OCH3 is 1. The maximum atomic E-state index is 13.3. The number of halogens is 3. The highest BCUT2D eigenvalue weighted by Gasteiger charge is 2.35. The Hall–Kier alpha value is -2.77. The zero-order valence-corrected chi connectivity index (χ0v) is 14.7. The quantitative estimate of drug-likeness (QED) is 0.616. The molecule has 0 spiro atoms. The molecule has 1 saturated heterocycles. The van der Waals surface area contributed by atoms with Crippen LogP contribution in [0.4, 0.5) is 10.1 Å². The fourth-order valence-electron chi connectivity index (χ4n) is 2.38. The third-order valence-corrected chi connectivity index (χ3v) is 4.15. The number of aromatic hydroxyl groups is 1. The van der Waals surface area contributed by atoms with Gasteiger partial charge < -0.3 is 9.84 Å². The van der Waals surface area contributed by atoms with Crippen molar-refractivity contribution in [3.05, 3.63) is 57.3 Å². The molecule has 3 rings (SSSR count). The maximum absolute atomic E-state index is 13.3. The van der Waals surface area contributed by atoms with Crippen molar-refractivity contribution in [2.75, 3.05) is 12.1 Å². The molecule has 0 unspecified atom stereocenters. The predicted molar refractivity (Wildman–Crippen MR) is 94.7 cm³/mol. The molecule has 0 atom stereocenters. The summed E-state index contributed by atoms with van der Waals surface area (Å²) in [7, 11) is 1.34. The first-order valence-corrected chi connectivity index (χ1v) is 7.96. The number of carbonyl (C=O) groups is 2. The van der Waals surface area contributed by atoms with E-state index in [2.05, 4.69) is 5.43 Å². The fourth-order valence-corrected chi connectivity index (χ4v) is 2.77. The first-order chi connectivity index (χ1) is 12.3. The molecular formula is C17H11Cl2FN2O4. The van der Waals surface area contributed by atoms with Gasteiger partial charge in [0.15, 0.2) is 11.5 Å². The summed E-state index contributed by atoms with van der Waals surface area (Å²) in [6.45, 7) is 0. The number of hydrazine groups is 1. The number of ether oxygens (including phenoxy) is 1. The number of carbonyl (C=O) groups excluding carboxylic acids is 2. The van der Waals surface area contributed by atoms with Gasteiger partial charge in [-0.25, -0.2) is 9.40 Å². The maximum Gasteiger partial charge on any atom is 0.282 e. The molecule has 1 aliphatic rings. The van der Waals surface area contributed by atoms with E-state index in [1.54, 1.807) is 0 Å². The van der Waals surface area contributed by atoms with Gasteiger partial charge in [-0.05, 0) is 30.3 Å². The lowest BCUT2D eigenvalue weighted by atomic mass is 10.1. The summed E-state index contributed by atoms with van der Waals surface area (Å²) in [6, 6.07) is 6.35. The van der Waals surface area contributed by atoms with Crippen LogP contribution in [0.3, 0.4) is 0 Å². The molecule has 2 N–H and O–H groups in total. The molecule has 2 aromatic carbocycles. The number of phenolic OH excluding ortho intramolecular Hbond substituents is 1. The van der Waals surface area contributed by atoms with E-state index in [9.17, 15) is 19.1 Å². The van der Waals surface area contributed by atoms with Crippen molar-refractivity contribution in [1.82, 2.24) is 5.43 Å². The summed E-state index contributed by atoms with van der Waals surface area (Å²) < 4.78 is 18.3.